The zero-order valence-corrected chi connectivity index (χ0v) is 13.3. The van der Waals surface area contributed by atoms with Gasteiger partial charge in [-0.3, -0.25) is 0 Å². The van der Waals surface area contributed by atoms with Crippen LogP contribution in [0.2, 0.25) is 4.34 Å². The molecule has 1 aromatic heterocycles. The van der Waals surface area contributed by atoms with Gasteiger partial charge in [0.05, 0.1) is 9.94 Å². The van der Waals surface area contributed by atoms with Crippen molar-refractivity contribution in [1.29, 1.82) is 0 Å². The lowest BCUT2D eigenvalue weighted by atomic mass is 9.86. The molecule has 0 radical (unpaired) electrons. The molecule has 0 saturated carbocycles. The van der Waals surface area contributed by atoms with Crippen molar-refractivity contribution in [2.24, 2.45) is 0 Å². The van der Waals surface area contributed by atoms with E-state index >= 15 is 0 Å². The van der Waals surface area contributed by atoms with Crippen LogP contribution in [0, 0.1) is 0 Å². The fourth-order valence-corrected chi connectivity index (χ4v) is 3.68. The van der Waals surface area contributed by atoms with Crippen molar-refractivity contribution in [1.82, 2.24) is 5.32 Å². The van der Waals surface area contributed by atoms with E-state index < -0.39 is 0 Å². The number of halogens is 1. The molecule has 1 unspecified atom stereocenters. The number of thiophene rings is 1. The topological polar surface area (TPSA) is 21.3 Å². The fraction of sp³-hybridized carbons (Fsp3) is 0.714. The smallest absolute Gasteiger partial charge is 0.0931 e. The summed E-state index contributed by atoms with van der Waals surface area (Å²) in [6.07, 6.45) is 3.00. The van der Waals surface area contributed by atoms with Gasteiger partial charge in [0, 0.05) is 17.5 Å². The quantitative estimate of drug-likeness (QED) is 0.777. The first-order valence-electron chi connectivity index (χ1n) is 6.67. The molecular formula is C14H24ClNOS. The van der Waals surface area contributed by atoms with Crippen molar-refractivity contribution in [3.8, 4) is 0 Å². The first kappa shape index (κ1) is 16.0. The van der Waals surface area contributed by atoms with Crippen LogP contribution >= 0.6 is 22.9 Å². The average Bonchev–Trinajstić information content (AvgIpc) is 2.79. The van der Waals surface area contributed by atoms with Gasteiger partial charge in [0.15, 0.2) is 0 Å². The van der Waals surface area contributed by atoms with Crippen molar-refractivity contribution < 1.29 is 4.74 Å². The molecule has 104 valence electrons. The van der Waals surface area contributed by atoms with Gasteiger partial charge in [-0.1, -0.05) is 25.4 Å². The van der Waals surface area contributed by atoms with Crippen LogP contribution in [0.15, 0.2) is 12.1 Å². The zero-order valence-electron chi connectivity index (χ0n) is 11.8. The van der Waals surface area contributed by atoms with E-state index in [1.54, 1.807) is 11.3 Å². The second-order valence-electron chi connectivity index (χ2n) is 4.46. The molecule has 4 heteroatoms. The highest BCUT2D eigenvalue weighted by atomic mass is 35.5. The van der Waals surface area contributed by atoms with Crippen LogP contribution in [0.5, 0.6) is 0 Å². The van der Waals surface area contributed by atoms with Crippen LogP contribution in [0.4, 0.5) is 0 Å². The molecule has 2 nitrogen and oxygen atoms in total. The van der Waals surface area contributed by atoms with Crippen LogP contribution in [0.1, 0.15) is 38.5 Å². The van der Waals surface area contributed by atoms with Gasteiger partial charge in [-0.2, -0.15) is 0 Å². The van der Waals surface area contributed by atoms with E-state index in [0.717, 1.165) is 30.2 Å². The highest BCUT2D eigenvalue weighted by molar-refractivity contribution is 7.16. The number of hydrogen-bond acceptors (Lipinski definition) is 3. The summed E-state index contributed by atoms with van der Waals surface area (Å²) in [6, 6.07) is 4.40. The maximum absolute atomic E-state index is 6.07. The third-order valence-corrected chi connectivity index (χ3v) is 4.90. The molecule has 1 rings (SSSR count). The maximum atomic E-state index is 6.07. The van der Waals surface area contributed by atoms with Crippen molar-refractivity contribution in [3.05, 3.63) is 21.3 Å². The van der Waals surface area contributed by atoms with Gasteiger partial charge in [-0.05, 0) is 45.4 Å². The van der Waals surface area contributed by atoms with Gasteiger partial charge in [0.25, 0.3) is 0 Å². The molecule has 0 bridgehead atoms. The number of ether oxygens (including phenoxy) is 1. The van der Waals surface area contributed by atoms with Crippen LogP contribution in [-0.4, -0.2) is 25.3 Å². The van der Waals surface area contributed by atoms with Gasteiger partial charge in [0.1, 0.15) is 0 Å². The molecule has 18 heavy (non-hydrogen) atoms. The molecule has 0 aliphatic heterocycles. The summed E-state index contributed by atoms with van der Waals surface area (Å²) in [5.41, 5.74) is -0.0834. The van der Waals surface area contributed by atoms with Gasteiger partial charge < -0.3 is 10.1 Å². The van der Waals surface area contributed by atoms with E-state index in [9.17, 15) is 0 Å². The normalized spacial score (nSPS) is 13.8. The number of hydrogen-bond donors (Lipinski definition) is 1. The Morgan fingerprint density at radius 3 is 2.39 bits per heavy atom. The van der Waals surface area contributed by atoms with Gasteiger partial charge in [-0.25, -0.2) is 0 Å². The van der Waals surface area contributed by atoms with E-state index in [4.69, 9.17) is 16.3 Å². The van der Waals surface area contributed by atoms with Crippen molar-refractivity contribution in [2.75, 3.05) is 13.7 Å². The van der Waals surface area contributed by atoms with Crippen molar-refractivity contribution in [3.63, 3.8) is 0 Å². The number of likely N-dealkylation sites (N-methyl/N-ethyl adjacent to an activating group) is 1. The molecule has 1 heterocycles. The first-order chi connectivity index (χ1) is 8.61. The molecule has 0 fully saturated rings. The van der Waals surface area contributed by atoms with E-state index in [1.165, 1.54) is 4.88 Å². The van der Waals surface area contributed by atoms with E-state index in [0.29, 0.717) is 6.04 Å². The molecule has 0 amide bonds. The predicted octanol–water partition coefficient (Wildman–Crippen LogP) is 4.13. The highest BCUT2D eigenvalue weighted by Gasteiger charge is 2.35. The second kappa shape index (κ2) is 7.49. The minimum atomic E-state index is -0.0834. The highest BCUT2D eigenvalue weighted by Crippen LogP contribution is 2.30. The lowest BCUT2D eigenvalue weighted by Gasteiger charge is -2.39. The Hall–Kier alpha value is -0.0900. The SMILES string of the molecule is CCOC(CC)(CC)C(Cc1ccc(Cl)s1)NC. The summed E-state index contributed by atoms with van der Waals surface area (Å²) in [5.74, 6) is 0. The van der Waals surface area contributed by atoms with Gasteiger partial charge in [-0.15, -0.1) is 11.3 Å². The Labute approximate surface area is 120 Å². The zero-order chi connectivity index (χ0) is 13.6. The molecule has 0 aliphatic carbocycles. The molecular weight excluding hydrogens is 266 g/mol. The summed E-state index contributed by atoms with van der Waals surface area (Å²) in [4.78, 5) is 1.31. The monoisotopic (exact) mass is 289 g/mol. The van der Waals surface area contributed by atoms with Crippen LogP contribution < -0.4 is 5.32 Å². The Bertz CT molecular complexity index is 349. The van der Waals surface area contributed by atoms with E-state index in [2.05, 4.69) is 32.2 Å². The molecule has 1 atom stereocenters. The lowest BCUT2D eigenvalue weighted by Crippen LogP contribution is -2.52. The summed E-state index contributed by atoms with van der Waals surface area (Å²) in [6.45, 7) is 7.22. The third kappa shape index (κ3) is 3.70. The molecule has 0 aliphatic rings. The second-order valence-corrected chi connectivity index (χ2v) is 6.26. The van der Waals surface area contributed by atoms with Crippen LogP contribution in [0.3, 0.4) is 0 Å². The van der Waals surface area contributed by atoms with Crippen molar-refractivity contribution in [2.45, 2.75) is 51.7 Å². The lowest BCUT2D eigenvalue weighted by molar-refractivity contribution is -0.0702. The minimum absolute atomic E-state index is 0.0834. The number of nitrogens with one attached hydrogen (secondary N) is 1. The summed E-state index contributed by atoms with van der Waals surface area (Å²) in [7, 11) is 2.01. The third-order valence-electron chi connectivity index (χ3n) is 3.65. The average molecular weight is 290 g/mol. The maximum Gasteiger partial charge on any atom is 0.0931 e. The van der Waals surface area contributed by atoms with E-state index in [-0.39, 0.29) is 5.60 Å². The summed E-state index contributed by atoms with van der Waals surface area (Å²) in [5, 5.41) is 3.43. The minimum Gasteiger partial charge on any atom is -0.374 e. The molecule has 0 spiro atoms. The van der Waals surface area contributed by atoms with Crippen molar-refractivity contribution >= 4 is 22.9 Å². The van der Waals surface area contributed by atoms with E-state index in [1.807, 2.05) is 13.1 Å². The predicted molar refractivity (Wildman–Crippen MR) is 80.8 cm³/mol. The van der Waals surface area contributed by atoms with Crippen LogP contribution in [-0.2, 0) is 11.2 Å². The first-order valence-corrected chi connectivity index (χ1v) is 7.86. The Balaban J connectivity index is 2.84. The molecule has 1 N–H and O–H groups in total. The Morgan fingerprint density at radius 2 is 2.00 bits per heavy atom. The molecule has 0 saturated heterocycles. The number of rotatable bonds is 8. The Kier molecular flexibility index (Phi) is 6.64. The molecule has 1 aromatic rings. The van der Waals surface area contributed by atoms with Crippen LogP contribution in [0.25, 0.3) is 0 Å². The van der Waals surface area contributed by atoms with Gasteiger partial charge >= 0.3 is 0 Å². The Morgan fingerprint density at radius 1 is 1.33 bits per heavy atom. The molecule has 0 aromatic carbocycles. The van der Waals surface area contributed by atoms with Gasteiger partial charge in [0.2, 0.25) is 0 Å². The summed E-state index contributed by atoms with van der Waals surface area (Å²) < 4.78 is 6.93. The standard InChI is InChI=1S/C14H24ClNOS/c1-5-14(6-2,17-7-3)12(16-4)10-11-8-9-13(15)18-11/h8-9,12,16H,5-7,10H2,1-4H3. The summed E-state index contributed by atoms with van der Waals surface area (Å²) >= 11 is 7.65. The fourth-order valence-electron chi connectivity index (χ4n) is 2.55. The largest absolute Gasteiger partial charge is 0.374 e.